The molecule has 13 nitrogen and oxygen atoms in total. The molecule has 0 spiro atoms. The van der Waals surface area contributed by atoms with Gasteiger partial charge in [0.15, 0.2) is 12.7 Å². The molecule has 0 aliphatic carbocycles. The van der Waals surface area contributed by atoms with Gasteiger partial charge in [0.2, 0.25) is 5.96 Å². The molecule has 2 rings (SSSR count). The lowest BCUT2D eigenvalue weighted by atomic mass is 10.00. The van der Waals surface area contributed by atoms with Gasteiger partial charge < -0.3 is 26.0 Å². The Morgan fingerprint density at radius 3 is 2.84 bits per heavy atom. The topological polar surface area (TPSA) is 182 Å². The van der Waals surface area contributed by atoms with Crippen molar-refractivity contribution in [2.24, 2.45) is 21.8 Å². The van der Waals surface area contributed by atoms with E-state index in [2.05, 4.69) is 14.6 Å². The van der Waals surface area contributed by atoms with Crippen LogP contribution in [-0.2, 0) is 24.4 Å². The first-order valence-corrected chi connectivity index (χ1v) is 8.76. The summed E-state index contributed by atoms with van der Waals surface area (Å²) in [7, 11) is -4.78. The summed E-state index contributed by atoms with van der Waals surface area (Å²) in [6.45, 7) is 2.05. The molecule has 1 fully saturated rings. The molecule has 2 amide bonds. The van der Waals surface area contributed by atoms with E-state index < -0.39 is 22.5 Å². The maximum absolute atomic E-state index is 12.3. The number of guanidine groups is 1. The fraction of sp³-hybridized carbons (Fsp3) is 0.727. The van der Waals surface area contributed by atoms with Crippen LogP contribution in [0, 0.1) is 0 Å². The number of amides is 2. The van der Waals surface area contributed by atoms with Gasteiger partial charge in [0.25, 0.3) is 0 Å². The average molecular weight is 380 g/mol. The fourth-order valence-electron chi connectivity index (χ4n) is 2.58. The lowest BCUT2D eigenvalue weighted by Gasteiger charge is -2.38. The number of hydroxylamine groups is 2. The smallest absolute Gasteiger partial charge is 0.389 e. The van der Waals surface area contributed by atoms with Gasteiger partial charge in [-0.1, -0.05) is 5.16 Å². The summed E-state index contributed by atoms with van der Waals surface area (Å²) in [6.07, 6.45) is 0.339. The summed E-state index contributed by atoms with van der Waals surface area (Å²) < 4.78 is 34.6. The van der Waals surface area contributed by atoms with Gasteiger partial charge in [-0.05, 0) is 18.5 Å². The zero-order valence-corrected chi connectivity index (χ0v) is 14.3. The normalized spacial score (nSPS) is 23.9. The molecule has 0 aromatic carbocycles. The summed E-state index contributed by atoms with van der Waals surface area (Å²) in [5, 5.41) is 7.95. The van der Waals surface area contributed by atoms with E-state index in [4.69, 9.17) is 25.7 Å². The van der Waals surface area contributed by atoms with Crippen LogP contribution in [0.4, 0.5) is 4.79 Å². The van der Waals surface area contributed by atoms with Gasteiger partial charge in [0.1, 0.15) is 0 Å². The van der Waals surface area contributed by atoms with Crippen molar-refractivity contribution in [3.63, 3.8) is 0 Å². The summed E-state index contributed by atoms with van der Waals surface area (Å²) >= 11 is 0. The monoisotopic (exact) mass is 380 g/mol. The Kier molecular flexibility index (Phi) is 5.86. The Hall–Kier alpha value is -2.32. The second-order valence-electron chi connectivity index (χ2n) is 5.30. The molecule has 0 aromatic heterocycles. The Morgan fingerprint density at radius 1 is 1.52 bits per heavy atom. The number of carbonyl (C=O) groups is 1. The summed E-state index contributed by atoms with van der Waals surface area (Å²) in [5.41, 5.74) is 10.9. The van der Waals surface area contributed by atoms with Crippen LogP contribution in [0.2, 0.25) is 0 Å². The van der Waals surface area contributed by atoms with Crippen molar-refractivity contribution in [2.75, 3.05) is 19.7 Å². The second kappa shape index (κ2) is 7.71. The Labute approximate surface area is 144 Å². The van der Waals surface area contributed by atoms with Gasteiger partial charge in [-0.3, -0.25) is 4.55 Å². The molecule has 0 saturated carbocycles. The third kappa shape index (κ3) is 5.07. The van der Waals surface area contributed by atoms with Gasteiger partial charge in [0.05, 0.1) is 18.3 Å². The van der Waals surface area contributed by atoms with E-state index in [1.165, 1.54) is 4.90 Å². The molecule has 0 aromatic rings. The van der Waals surface area contributed by atoms with Gasteiger partial charge in [-0.25, -0.2) is 4.79 Å². The minimum absolute atomic E-state index is 0.0338. The Balaban J connectivity index is 1.96. The molecular weight excluding hydrogens is 360 g/mol. The summed E-state index contributed by atoms with van der Waals surface area (Å²) in [5.74, 6) is -0.215. The standard InChI is InChI=1S/C11H20N6O7S/c1-2-16-9(3-4-17(11(16)18)24-25(19,20)21)8-5-7(23-14-8)6-22-15-10(12)13/h7,9H,2-6H2,1H3,(H4,12,13,15)(H,19,20,21)/t7?,9-/m0/s1. The zero-order valence-electron chi connectivity index (χ0n) is 13.4. The van der Waals surface area contributed by atoms with Crippen molar-refractivity contribution < 1.29 is 31.7 Å². The molecule has 142 valence electrons. The molecule has 14 heteroatoms. The van der Waals surface area contributed by atoms with Gasteiger partial charge in [-0.2, -0.15) is 13.5 Å². The van der Waals surface area contributed by atoms with Crippen molar-refractivity contribution in [1.82, 2.24) is 9.96 Å². The maximum Gasteiger partial charge on any atom is 0.418 e. The first kappa shape index (κ1) is 19.0. The number of urea groups is 1. The number of hydrogen-bond acceptors (Lipinski definition) is 8. The van der Waals surface area contributed by atoms with Gasteiger partial charge in [-0.15, -0.1) is 4.28 Å². The lowest BCUT2D eigenvalue weighted by Crippen LogP contribution is -2.57. The van der Waals surface area contributed by atoms with Crippen molar-refractivity contribution in [3.05, 3.63) is 0 Å². The van der Waals surface area contributed by atoms with E-state index in [9.17, 15) is 13.2 Å². The van der Waals surface area contributed by atoms with E-state index in [1.807, 2.05) is 0 Å². The van der Waals surface area contributed by atoms with Gasteiger partial charge >= 0.3 is 16.4 Å². The highest BCUT2D eigenvalue weighted by Gasteiger charge is 2.40. The molecule has 2 aliphatic rings. The molecule has 25 heavy (non-hydrogen) atoms. The number of nitrogens with zero attached hydrogens (tertiary/aromatic N) is 4. The van der Waals surface area contributed by atoms with Crippen LogP contribution >= 0.6 is 0 Å². The van der Waals surface area contributed by atoms with Crippen LogP contribution in [0.25, 0.3) is 0 Å². The van der Waals surface area contributed by atoms with E-state index in [0.717, 1.165) is 0 Å². The maximum atomic E-state index is 12.3. The van der Waals surface area contributed by atoms with Crippen molar-refractivity contribution in [3.8, 4) is 0 Å². The molecule has 1 unspecified atom stereocenters. The minimum Gasteiger partial charge on any atom is -0.389 e. The fourth-order valence-corrected chi connectivity index (χ4v) is 2.95. The minimum atomic E-state index is -4.78. The van der Waals surface area contributed by atoms with E-state index >= 15 is 0 Å². The number of nitrogens with two attached hydrogens (primary N) is 2. The molecule has 1 saturated heterocycles. The molecule has 5 N–H and O–H groups in total. The average Bonchev–Trinajstić information content (AvgIpc) is 2.96. The van der Waals surface area contributed by atoms with Crippen LogP contribution in [-0.4, -0.2) is 72.5 Å². The van der Waals surface area contributed by atoms with Crippen LogP contribution in [0.3, 0.4) is 0 Å². The Bertz CT molecular complexity index is 662. The zero-order chi connectivity index (χ0) is 18.6. The Morgan fingerprint density at radius 2 is 2.24 bits per heavy atom. The summed E-state index contributed by atoms with van der Waals surface area (Å²) in [6, 6.07) is -1.08. The molecule has 0 radical (unpaired) electrons. The highest BCUT2D eigenvalue weighted by Crippen LogP contribution is 2.24. The van der Waals surface area contributed by atoms with Crippen molar-refractivity contribution in [1.29, 1.82) is 0 Å². The first-order chi connectivity index (χ1) is 11.7. The predicted molar refractivity (Wildman–Crippen MR) is 84.2 cm³/mol. The number of oxime groups is 2. The third-order valence-corrected chi connectivity index (χ3v) is 3.90. The molecule has 2 heterocycles. The SMILES string of the molecule is CCN1C(=O)N(OS(=O)(=O)O)CC[C@H]1C1=NOC(CON=C(N)N)C1. The quantitative estimate of drug-likeness (QED) is 0.207. The third-order valence-electron chi connectivity index (χ3n) is 3.54. The van der Waals surface area contributed by atoms with Crippen molar-refractivity contribution in [2.45, 2.75) is 31.9 Å². The van der Waals surface area contributed by atoms with Crippen LogP contribution < -0.4 is 11.5 Å². The molecule has 2 aliphatic heterocycles. The lowest BCUT2D eigenvalue weighted by molar-refractivity contribution is -0.0519. The largest absolute Gasteiger partial charge is 0.418 e. The molecule has 2 atom stereocenters. The predicted octanol–water partition coefficient (Wildman–Crippen LogP) is -1.41. The number of rotatable bonds is 7. The van der Waals surface area contributed by atoms with E-state index in [1.54, 1.807) is 6.92 Å². The van der Waals surface area contributed by atoms with Gasteiger partial charge in [0, 0.05) is 13.0 Å². The molecular formula is C11H20N6O7S. The number of carbonyl (C=O) groups excluding carboxylic acids is 1. The highest BCUT2D eigenvalue weighted by molar-refractivity contribution is 7.80. The first-order valence-electron chi connectivity index (χ1n) is 7.40. The van der Waals surface area contributed by atoms with E-state index in [0.29, 0.717) is 23.6 Å². The number of hydrogen-bond donors (Lipinski definition) is 3. The highest BCUT2D eigenvalue weighted by atomic mass is 32.3. The molecule has 0 bridgehead atoms. The second-order valence-corrected chi connectivity index (χ2v) is 6.31. The summed E-state index contributed by atoms with van der Waals surface area (Å²) in [4.78, 5) is 23.8. The van der Waals surface area contributed by atoms with Crippen LogP contribution in [0.5, 0.6) is 0 Å². The van der Waals surface area contributed by atoms with E-state index in [-0.39, 0.29) is 31.7 Å². The van der Waals surface area contributed by atoms with Crippen molar-refractivity contribution >= 4 is 28.1 Å². The van der Waals surface area contributed by atoms with Crippen LogP contribution in [0.1, 0.15) is 19.8 Å². The van der Waals surface area contributed by atoms with Crippen LogP contribution in [0.15, 0.2) is 10.3 Å².